The van der Waals surface area contributed by atoms with Crippen LogP contribution in [0.25, 0.3) is 0 Å². The van der Waals surface area contributed by atoms with E-state index in [-0.39, 0.29) is 21.0 Å². The van der Waals surface area contributed by atoms with Crippen LogP contribution < -0.4 is 4.72 Å². The molecule has 0 saturated heterocycles. The lowest BCUT2D eigenvalue weighted by Gasteiger charge is -2.13. The lowest BCUT2D eigenvalue weighted by atomic mass is 10.2. The highest BCUT2D eigenvalue weighted by Crippen LogP contribution is 2.24. The summed E-state index contributed by atoms with van der Waals surface area (Å²) in [7, 11) is -3.65. The number of hydrogen-bond acceptors (Lipinski definition) is 3. The van der Waals surface area contributed by atoms with Crippen molar-refractivity contribution in [1.82, 2.24) is 4.72 Å². The molecule has 1 aromatic rings. The highest BCUT2D eigenvalue weighted by atomic mass is 79.9. The molecule has 2 rings (SSSR count). The van der Waals surface area contributed by atoms with Crippen molar-refractivity contribution >= 4 is 31.9 Å². The molecule has 0 unspecified atom stereocenters. The average Bonchev–Trinajstić information content (AvgIpc) is 2.80. The van der Waals surface area contributed by atoms with Gasteiger partial charge in [-0.3, -0.25) is 0 Å². The normalized spacial score (nSPS) is 15.8. The molecular weight excluding hydrogens is 334 g/mol. The van der Waals surface area contributed by atoms with Gasteiger partial charge in [-0.15, -0.1) is 0 Å². The average molecular weight is 346 g/mol. The first-order valence-electron chi connectivity index (χ1n) is 5.60. The van der Waals surface area contributed by atoms with E-state index in [4.69, 9.17) is 5.11 Å². The third-order valence-corrected chi connectivity index (χ3v) is 5.30. The Balaban J connectivity index is 2.27. The standard InChI is InChI=1S/C12H12BrNO4S/c13-10-7-8(12(15)16)5-6-11(10)19(17,18)14-9-3-1-2-4-9/h1-2,5-7,9,14H,3-4H2,(H,15,16). The fourth-order valence-corrected chi connectivity index (χ4v) is 4.19. The Labute approximate surface area is 119 Å². The van der Waals surface area contributed by atoms with Gasteiger partial charge in [-0.2, -0.15) is 0 Å². The molecule has 7 heteroatoms. The summed E-state index contributed by atoms with van der Waals surface area (Å²) in [6, 6.07) is 3.72. The second-order valence-corrected chi connectivity index (χ2v) is 6.75. The van der Waals surface area contributed by atoms with Crippen LogP contribution >= 0.6 is 15.9 Å². The fourth-order valence-electron chi connectivity index (χ4n) is 1.85. The SMILES string of the molecule is O=C(O)c1ccc(S(=O)(=O)NC2CC=CC2)c(Br)c1. The van der Waals surface area contributed by atoms with Crippen molar-refractivity contribution in [2.24, 2.45) is 0 Å². The molecule has 0 atom stereocenters. The van der Waals surface area contributed by atoms with Gasteiger partial charge in [0.15, 0.2) is 0 Å². The first-order valence-corrected chi connectivity index (χ1v) is 7.88. The molecule has 0 saturated carbocycles. The number of nitrogens with one attached hydrogen (secondary N) is 1. The number of halogens is 1. The van der Waals surface area contributed by atoms with Crippen LogP contribution in [0, 0.1) is 0 Å². The van der Waals surface area contributed by atoms with Gasteiger partial charge in [-0.25, -0.2) is 17.9 Å². The molecular formula is C12H12BrNO4S. The summed E-state index contributed by atoms with van der Waals surface area (Å²) in [5, 5.41) is 8.84. The van der Waals surface area contributed by atoms with Crippen LogP contribution in [0.3, 0.4) is 0 Å². The zero-order valence-corrected chi connectivity index (χ0v) is 12.2. The van der Waals surface area contributed by atoms with Gasteiger partial charge in [0, 0.05) is 10.5 Å². The van der Waals surface area contributed by atoms with Crippen LogP contribution in [-0.2, 0) is 10.0 Å². The summed E-state index contributed by atoms with van der Waals surface area (Å²) in [5.41, 5.74) is 0.0355. The summed E-state index contributed by atoms with van der Waals surface area (Å²) in [5.74, 6) is -1.10. The third kappa shape index (κ3) is 3.23. The minimum absolute atomic E-state index is 0.0355. The molecule has 5 nitrogen and oxygen atoms in total. The maximum absolute atomic E-state index is 12.2. The quantitative estimate of drug-likeness (QED) is 0.819. The zero-order valence-electron chi connectivity index (χ0n) is 9.84. The molecule has 0 heterocycles. The minimum Gasteiger partial charge on any atom is -0.478 e. The molecule has 0 bridgehead atoms. The first kappa shape index (κ1) is 14.2. The monoisotopic (exact) mass is 345 g/mol. The Bertz CT molecular complexity index is 631. The molecule has 1 aliphatic carbocycles. The molecule has 0 fully saturated rings. The van der Waals surface area contributed by atoms with Crippen molar-refractivity contribution < 1.29 is 18.3 Å². The molecule has 2 N–H and O–H groups in total. The van der Waals surface area contributed by atoms with E-state index in [2.05, 4.69) is 20.7 Å². The number of rotatable bonds is 4. The van der Waals surface area contributed by atoms with E-state index >= 15 is 0 Å². The molecule has 0 radical (unpaired) electrons. The van der Waals surface area contributed by atoms with Crippen LogP contribution in [-0.4, -0.2) is 25.5 Å². The summed E-state index contributed by atoms with van der Waals surface area (Å²) >= 11 is 3.10. The van der Waals surface area contributed by atoms with Gasteiger partial charge >= 0.3 is 5.97 Å². The lowest BCUT2D eigenvalue weighted by Crippen LogP contribution is -2.33. The molecule has 0 amide bonds. The third-order valence-electron chi connectivity index (χ3n) is 2.80. The maximum atomic E-state index is 12.2. The van der Waals surface area contributed by atoms with Crippen molar-refractivity contribution in [1.29, 1.82) is 0 Å². The van der Waals surface area contributed by atoms with Gasteiger partial charge in [0.2, 0.25) is 10.0 Å². The number of sulfonamides is 1. The summed E-state index contributed by atoms with van der Waals surface area (Å²) in [6.07, 6.45) is 5.19. The molecule has 0 spiro atoms. The summed E-state index contributed by atoms with van der Waals surface area (Å²) < 4.78 is 27.2. The predicted molar refractivity (Wildman–Crippen MR) is 73.6 cm³/mol. The van der Waals surface area contributed by atoms with Crippen molar-refractivity contribution in [3.05, 3.63) is 40.4 Å². The number of carbonyl (C=O) groups is 1. The number of aromatic carboxylic acids is 1. The van der Waals surface area contributed by atoms with Crippen LogP contribution in [0.5, 0.6) is 0 Å². The van der Waals surface area contributed by atoms with E-state index in [0.717, 1.165) is 0 Å². The van der Waals surface area contributed by atoms with Crippen molar-refractivity contribution in [3.8, 4) is 0 Å². The van der Waals surface area contributed by atoms with Crippen LogP contribution in [0.1, 0.15) is 23.2 Å². The van der Waals surface area contributed by atoms with Crippen molar-refractivity contribution in [2.75, 3.05) is 0 Å². The molecule has 0 aliphatic heterocycles. The van der Waals surface area contributed by atoms with Gasteiger partial charge in [-0.05, 0) is 47.0 Å². The molecule has 1 aliphatic rings. The maximum Gasteiger partial charge on any atom is 0.335 e. The van der Waals surface area contributed by atoms with E-state index in [1.807, 2.05) is 12.2 Å². The fraction of sp³-hybridized carbons (Fsp3) is 0.250. The number of carboxylic acid groups (broad SMARTS) is 1. The minimum atomic E-state index is -3.65. The van der Waals surface area contributed by atoms with Gasteiger partial charge in [0.1, 0.15) is 0 Å². The van der Waals surface area contributed by atoms with Crippen molar-refractivity contribution in [3.63, 3.8) is 0 Å². The summed E-state index contributed by atoms with van der Waals surface area (Å²) in [4.78, 5) is 10.8. The van der Waals surface area contributed by atoms with Crippen LogP contribution in [0.4, 0.5) is 0 Å². The number of benzene rings is 1. The highest BCUT2D eigenvalue weighted by Gasteiger charge is 2.23. The van der Waals surface area contributed by atoms with E-state index in [9.17, 15) is 13.2 Å². The molecule has 1 aromatic carbocycles. The van der Waals surface area contributed by atoms with Crippen molar-refractivity contribution in [2.45, 2.75) is 23.8 Å². The van der Waals surface area contributed by atoms with Gasteiger partial charge in [0.25, 0.3) is 0 Å². The Morgan fingerprint density at radius 3 is 2.47 bits per heavy atom. The second kappa shape index (κ2) is 5.44. The Morgan fingerprint density at radius 1 is 1.32 bits per heavy atom. The zero-order chi connectivity index (χ0) is 14.0. The number of carboxylic acids is 1. The predicted octanol–water partition coefficient (Wildman–Crippen LogP) is 2.14. The van der Waals surface area contributed by atoms with Gasteiger partial charge < -0.3 is 5.11 Å². The lowest BCUT2D eigenvalue weighted by molar-refractivity contribution is 0.0696. The Kier molecular flexibility index (Phi) is 4.07. The van der Waals surface area contributed by atoms with Crippen LogP contribution in [0.2, 0.25) is 0 Å². The summed E-state index contributed by atoms with van der Waals surface area (Å²) in [6.45, 7) is 0. The van der Waals surface area contributed by atoms with E-state index < -0.39 is 16.0 Å². The smallest absolute Gasteiger partial charge is 0.335 e. The number of hydrogen-bond donors (Lipinski definition) is 2. The molecule has 19 heavy (non-hydrogen) atoms. The Morgan fingerprint density at radius 2 is 1.95 bits per heavy atom. The first-order chi connectivity index (χ1) is 8.90. The highest BCUT2D eigenvalue weighted by molar-refractivity contribution is 9.10. The second-order valence-electron chi connectivity index (χ2n) is 4.21. The van der Waals surface area contributed by atoms with Crippen LogP contribution in [0.15, 0.2) is 39.7 Å². The largest absolute Gasteiger partial charge is 0.478 e. The van der Waals surface area contributed by atoms with E-state index in [1.165, 1.54) is 18.2 Å². The van der Waals surface area contributed by atoms with Gasteiger partial charge in [0.05, 0.1) is 10.5 Å². The van der Waals surface area contributed by atoms with Gasteiger partial charge in [-0.1, -0.05) is 12.2 Å². The van der Waals surface area contributed by atoms with E-state index in [1.54, 1.807) is 0 Å². The molecule has 0 aromatic heterocycles. The van der Waals surface area contributed by atoms with E-state index in [0.29, 0.717) is 12.8 Å². The Hall–Kier alpha value is -1.18. The molecule has 102 valence electrons. The topological polar surface area (TPSA) is 83.5 Å².